The predicted molar refractivity (Wildman–Crippen MR) is 82.3 cm³/mol. The van der Waals surface area contributed by atoms with Gasteiger partial charge in [-0.2, -0.15) is 0 Å². The van der Waals surface area contributed by atoms with Crippen LogP contribution in [0.1, 0.15) is 18.9 Å². The van der Waals surface area contributed by atoms with Crippen molar-refractivity contribution in [1.82, 2.24) is 5.32 Å². The quantitative estimate of drug-likeness (QED) is 0.807. The van der Waals surface area contributed by atoms with E-state index >= 15 is 0 Å². The molecule has 0 spiro atoms. The van der Waals surface area contributed by atoms with Gasteiger partial charge in [-0.15, -0.1) is 0 Å². The van der Waals surface area contributed by atoms with Crippen LogP contribution in [-0.2, 0) is 16.0 Å². The van der Waals surface area contributed by atoms with Crippen LogP contribution in [0.3, 0.4) is 0 Å². The molecule has 2 rings (SSSR count). The van der Waals surface area contributed by atoms with E-state index in [1.165, 1.54) is 11.3 Å². The first kappa shape index (κ1) is 15.3. The molecule has 20 heavy (non-hydrogen) atoms. The smallest absolute Gasteiger partial charge is 0.0721 e. The van der Waals surface area contributed by atoms with Gasteiger partial charge in [0.25, 0.3) is 0 Å². The van der Waals surface area contributed by atoms with Crippen molar-refractivity contribution in [2.24, 2.45) is 0 Å². The summed E-state index contributed by atoms with van der Waals surface area (Å²) >= 11 is 0. The van der Waals surface area contributed by atoms with Gasteiger partial charge in [0.05, 0.1) is 12.7 Å². The molecule has 1 fully saturated rings. The maximum Gasteiger partial charge on any atom is 0.0721 e. The Labute approximate surface area is 122 Å². The van der Waals surface area contributed by atoms with Crippen molar-refractivity contribution in [3.63, 3.8) is 0 Å². The molecule has 0 aliphatic carbocycles. The highest BCUT2D eigenvalue weighted by Crippen LogP contribution is 2.22. The maximum atomic E-state index is 5.73. The second kappa shape index (κ2) is 8.25. The van der Waals surface area contributed by atoms with Gasteiger partial charge < -0.3 is 19.7 Å². The van der Waals surface area contributed by atoms with Crippen LogP contribution in [0, 0.1) is 0 Å². The molecule has 0 aromatic heterocycles. The topological polar surface area (TPSA) is 33.7 Å². The molecule has 1 aliphatic heterocycles. The van der Waals surface area contributed by atoms with E-state index in [9.17, 15) is 0 Å². The van der Waals surface area contributed by atoms with Crippen LogP contribution in [0.25, 0.3) is 0 Å². The Morgan fingerprint density at radius 1 is 1.40 bits per heavy atom. The van der Waals surface area contributed by atoms with Crippen molar-refractivity contribution in [3.05, 3.63) is 29.8 Å². The summed E-state index contributed by atoms with van der Waals surface area (Å²) in [6.45, 7) is 7.56. The molecule has 0 amide bonds. The Kier molecular flexibility index (Phi) is 6.30. The third kappa shape index (κ3) is 4.47. The second-order valence-electron chi connectivity index (χ2n) is 5.28. The van der Waals surface area contributed by atoms with Gasteiger partial charge in [0.15, 0.2) is 0 Å². The fraction of sp³-hybridized carbons (Fsp3) is 0.625. The SMILES string of the molecule is COCCNCc1ccccc1N1CCCOC(C)C1. The lowest BCUT2D eigenvalue weighted by molar-refractivity contribution is 0.0821. The number of rotatable bonds is 6. The summed E-state index contributed by atoms with van der Waals surface area (Å²) in [5.74, 6) is 0. The van der Waals surface area contributed by atoms with Crippen molar-refractivity contribution >= 4 is 5.69 Å². The average Bonchev–Trinajstić information content (AvgIpc) is 2.69. The van der Waals surface area contributed by atoms with Crippen LogP contribution >= 0.6 is 0 Å². The fourth-order valence-corrected chi connectivity index (χ4v) is 2.58. The number of nitrogens with zero attached hydrogens (tertiary/aromatic N) is 1. The van der Waals surface area contributed by atoms with Gasteiger partial charge in [0.1, 0.15) is 0 Å². The summed E-state index contributed by atoms with van der Waals surface area (Å²) in [6.07, 6.45) is 1.39. The Morgan fingerprint density at radius 2 is 2.25 bits per heavy atom. The molecule has 1 aromatic carbocycles. The molecule has 4 nitrogen and oxygen atoms in total. The summed E-state index contributed by atoms with van der Waals surface area (Å²) in [5, 5.41) is 3.43. The first-order valence-corrected chi connectivity index (χ1v) is 7.45. The minimum atomic E-state index is 0.298. The van der Waals surface area contributed by atoms with Gasteiger partial charge in [-0.25, -0.2) is 0 Å². The number of methoxy groups -OCH3 is 1. The number of ether oxygens (including phenoxy) is 2. The van der Waals surface area contributed by atoms with Crippen molar-refractivity contribution < 1.29 is 9.47 Å². The average molecular weight is 278 g/mol. The molecule has 1 saturated heterocycles. The highest BCUT2D eigenvalue weighted by atomic mass is 16.5. The second-order valence-corrected chi connectivity index (χ2v) is 5.28. The highest BCUT2D eigenvalue weighted by molar-refractivity contribution is 5.53. The van der Waals surface area contributed by atoms with Crippen LogP contribution in [0.2, 0.25) is 0 Å². The molecule has 0 saturated carbocycles. The van der Waals surface area contributed by atoms with Gasteiger partial charge in [-0.05, 0) is 25.0 Å². The minimum Gasteiger partial charge on any atom is -0.383 e. The fourth-order valence-electron chi connectivity index (χ4n) is 2.58. The minimum absolute atomic E-state index is 0.298. The number of anilines is 1. The van der Waals surface area contributed by atoms with Crippen molar-refractivity contribution in [2.45, 2.75) is 26.0 Å². The lowest BCUT2D eigenvalue weighted by Gasteiger charge is -2.27. The molecule has 1 unspecified atom stereocenters. The predicted octanol–water partition coefficient (Wildman–Crippen LogP) is 2.04. The van der Waals surface area contributed by atoms with Crippen LogP contribution in [0.4, 0.5) is 5.69 Å². The summed E-state index contributed by atoms with van der Waals surface area (Å²) in [5.41, 5.74) is 2.67. The molecule has 1 heterocycles. The summed E-state index contributed by atoms with van der Waals surface area (Å²) in [4.78, 5) is 2.45. The molecule has 1 atom stereocenters. The number of benzene rings is 1. The standard InChI is InChI=1S/C16H26N2O2/c1-14-13-18(9-5-10-20-14)16-7-4-3-6-15(16)12-17-8-11-19-2/h3-4,6-7,14,17H,5,8-13H2,1-2H3. The lowest BCUT2D eigenvalue weighted by Crippen LogP contribution is -2.31. The largest absolute Gasteiger partial charge is 0.383 e. The van der Waals surface area contributed by atoms with Crippen molar-refractivity contribution in [3.8, 4) is 0 Å². The van der Waals surface area contributed by atoms with E-state index in [0.29, 0.717) is 6.10 Å². The van der Waals surface area contributed by atoms with Gasteiger partial charge in [-0.1, -0.05) is 18.2 Å². The van der Waals surface area contributed by atoms with Gasteiger partial charge in [0, 0.05) is 45.6 Å². The van der Waals surface area contributed by atoms with E-state index in [2.05, 4.69) is 41.4 Å². The van der Waals surface area contributed by atoms with Gasteiger partial charge in [-0.3, -0.25) is 0 Å². The van der Waals surface area contributed by atoms with E-state index in [4.69, 9.17) is 9.47 Å². The van der Waals surface area contributed by atoms with E-state index < -0.39 is 0 Å². The Morgan fingerprint density at radius 3 is 3.10 bits per heavy atom. The molecule has 1 aliphatic rings. The summed E-state index contributed by atoms with van der Waals surface area (Å²) in [7, 11) is 1.73. The number of hydrogen-bond acceptors (Lipinski definition) is 4. The van der Waals surface area contributed by atoms with Gasteiger partial charge in [0.2, 0.25) is 0 Å². The normalized spacial score (nSPS) is 19.9. The molecule has 0 bridgehead atoms. The Balaban J connectivity index is 2.02. The Bertz CT molecular complexity index is 398. The zero-order chi connectivity index (χ0) is 14.2. The van der Waals surface area contributed by atoms with Crippen molar-refractivity contribution in [1.29, 1.82) is 0 Å². The molecule has 0 radical (unpaired) electrons. The maximum absolute atomic E-state index is 5.73. The molecule has 4 heteroatoms. The number of para-hydroxylation sites is 1. The third-order valence-electron chi connectivity index (χ3n) is 3.58. The number of hydrogen-bond donors (Lipinski definition) is 1. The summed E-state index contributed by atoms with van der Waals surface area (Å²) < 4.78 is 10.8. The van der Waals surface area contributed by atoms with E-state index in [1.54, 1.807) is 7.11 Å². The first-order valence-electron chi connectivity index (χ1n) is 7.45. The third-order valence-corrected chi connectivity index (χ3v) is 3.58. The van der Waals surface area contributed by atoms with E-state index in [-0.39, 0.29) is 0 Å². The van der Waals surface area contributed by atoms with Crippen LogP contribution in [-0.4, -0.2) is 46.1 Å². The molecule has 1 aromatic rings. The van der Waals surface area contributed by atoms with Crippen molar-refractivity contribution in [2.75, 3.05) is 44.9 Å². The lowest BCUT2D eigenvalue weighted by atomic mass is 10.1. The van der Waals surface area contributed by atoms with Gasteiger partial charge >= 0.3 is 0 Å². The molecular formula is C16H26N2O2. The monoisotopic (exact) mass is 278 g/mol. The zero-order valence-corrected chi connectivity index (χ0v) is 12.6. The molecular weight excluding hydrogens is 252 g/mol. The summed E-state index contributed by atoms with van der Waals surface area (Å²) in [6, 6.07) is 8.63. The Hall–Kier alpha value is -1.10. The van der Waals surface area contributed by atoms with Crippen LogP contribution < -0.4 is 10.2 Å². The zero-order valence-electron chi connectivity index (χ0n) is 12.6. The molecule has 112 valence electrons. The molecule has 1 N–H and O–H groups in total. The first-order chi connectivity index (χ1) is 9.81. The van der Waals surface area contributed by atoms with Crippen LogP contribution in [0.5, 0.6) is 0 Å². The van der Waals surface area contributed by atoms with Crippen LogP contribution in [0.15, 0.2) is 24.3 Å². The number of nitrogens with one attached hydrogen (secondary N) is 1. The van der Waals surface area contributed by atoms with E-state index in [1.807, 2.05) is 0 Å². The van der Waals surface area contributed by atoms with E-state index in [0.717, 1.165) is 45.8 Å². The highest BCUT2D eigenvalue weighted by Gasteiger charge is 2.17.